The van der Waals surface area contributed by atoms with Crippen molar-refractivity contribution >= 4 is 55.6 Å². The molecule has 1 fully saturated rings. The van der Waals surface area contributed by atoms with Gasteiger partial charge in [-0.3, -0.25) is 0 Å². The number of rotatable bonds is 4. The van der Waals surface area contributed by atoms with Gasteiger partial charge in [0, 0.05) is 49.1 Å². The average molecular weight is 502 g/mol. The number of aromatic nitrogens is 3. The van der Waals surface area contributed by atoms with Crippen molar-refractivity contribution in [3.63, 3.8) is 0 Å². The lowest BCUT2D eigenvalue weighted by Crippen LogP contribution is -2.50. The zero-order valence-electron chi connectivity index (χ0n) is 20.7. The van der Waals surface area contributed by atoms with E-state index in [1.54, 1.807) is 11.3 Å². The zero-order valence-corrected chi connectivity index (χ0v) is 21.5. The first-order chi connectivity index (χ1) is 17.5. The number of hydrogen-bond acceptors (Lipinski definition) is 6. The van der Waals surface area contributed by atoms with Gasteiger partial charge in [0.2, 0.25) is 0 Å². The van der Waals surface area contributed by atoms with Crippen LogP contribution in [-0.2, 0) is 0 Å². The molecule has 0 atom stereocenters. The number of hydrogen-bond donors (Lipinski definition) is 2. The van der Waals surface area contributed by atoms with Crippen LogP contribution in [0.1, 0.15) is 25.0 Å². The smallest absolute Gasteiger partial charge is 0.320 e. The van der Waals surface area contributed by atoms with Crippen LogP contribution in [-0.4, -0.2) is 82.0 Å². The Balaban J connectivity index is 1.17. The molecule has 0 aliphatic carbocycles. The van der Waals surface area contributed by atoms with Crippen molar-refractivity contribution in [2.45, 2.75) is 25.3 Å². The summed E-state index contributed by atoms with van der Waals surface area (Å²) >= 11 is 1.64. The number of likely N-dealkylation sites (tertiary alicyclic amines) is 1. The fourth-order valence-corrected chi connectivity index (χ4v) is 5.96. The fraction of sp³-hybridized carbons (Fsp3) is 0.370. The SMILES string of the molecule is CN1CCC(N(C)C(=O)N2CC=C(c3cc4c(Nc5ccc6ncsc6c5)ccnc4[nH]3)CC2)CC1. The minimum absolute atomic E-state index is 0.141. The molecule has 2 amide bonds. The number of urea groups is 1. The third-order valence-electron chi connectivity index (χ3n) is 7.51. The van der Waals surface area contributed by atoms with Crippen LogP contribution in [0.3, 0.4) is 0 Å². The Kier molecular flexibility index (Phi) is 6.10. The number of nitrogens with zero attached hydrogens (tertiary/aromatic N) is 5. The van der Waals surface area contributed by atoms with Crippen molar-refractivity contribution in [1.29, 1.82) is 0 Å². The molecule has 9 heteroatoms. The van der Waals surface area contributed by atoms with E-state index < -0.39 is 0 Å². The highest BCUT2D eigenvalue weighted by Crippen LogP contribution is 2.32. The van der Waals surface area contributed by atoms with Crippen molar-refractivity contribution in [3.05, 3.63) is 53.8 Å². The predicted molar refractivity (Wildman–Crippen MR) is 147 cm³/mol. The van der Waals surface area contributed by atoms with E-state index in [1.807, 2.05) is 40.7 Å². The first kappa shape index (κ1) is 23.0. The number of benzene rings is 1. The summed E-state index contributed by atoms with van der Waals surface area (Å²) in [5.74, 6) is 0. The molecule has 0 saturated carbocycles. The van der Waals surface area contributed by atoms with Crippen molar-refractivity contribution < 1.29 is 4.79 Å². The minimum Gasteiger partial charge on any atom is -0.355 e. The molecule has 36 heavy (non-hydrogen) atoms. The summed E-state index contributed by atoms with van der Waals surface area (Å²) in [4.78, 5) is 31.8. The molecule has 4 aromatic rings. The molecule has 1 saturated heterocycles. The summed E-state index contributed by atoms with van der Waals surface area (Å²) in [6.07, 6.45) is 6.92. The Hall–Kier alpha value is -3.43. The molecule has 0 radical (unpaired) electrons. The van der Waals surface area contributed by atoms with Crippen molar-refractivity contribution in [2.24, 2.45) is 0 Å². The van der Waals surface area contributed by atoms with Crippen LogP contribution in [0.15, 0.2) is 48.1 Å². The molecule has 8 nitrogen and oxygen atoms in total. The highest BCUT2D eigenvalue weighted by Gasteiger charge is 2.28. The minimum atomic E-state index is 0.141. The Morgan fingerprint density at radius 1 is 1.17 bits per heavy atom. The van der Waals surface area contributed by atoms with E-state index in [1.165, 1.54) is 5.57 Å². The summed E-state index contributed by atoms with van der Waals surface area (Å²) in [5.41, 5.74) is 8.09. The van der Waals surface area contributed by atoms with E-state index >= 15 is 0 Å². The normalized spacial score (nSPS) is 17.5. The molecular weight excluding hydrogens is 470 g/mol. The Morgan fingerprint density at radius 3 is 2.83 bits per heavy atom. The predicted octanol–water partition coefficient (Wildman–Crippen LogP) is 5.15. The molecule has 5 heterocycles. The van der Waals surface area contributed by atoms with Gasteiger partial charge in [0.1, 0.15) is 5.65 Å². The lowest BCUT2D eigenvalue weighted by Gasteiger charge is -2.38. The third-order valence-corrected chi connectivity index (χ3v) is 8.30. The number of carbonyl (C=O) groups excluding carboxylic acids is 1. The Labute approximate surface area is 214 Å². The van der Waals surface area contributed by atoms with Gasteiger partial charge in [0.25, 0.3) is 0 Å². The van der Waals surface area contributed by atoms with Crippen LogP contribution in [0.2, 0.25) is 0 Å². The van der Waals surface area contributed by atoms with Crippen molar-refractivity contribution in [3.8, 4) is 0 Å². The van der Waals surface area contributed by atoms with Crippen molar-refractivity contribution in [2.75, 3.05) is 45.6 Å². The number of H-pyrrole nitrogens is 1. The number of fused-ring (bicyclic) bond motifs is 2. The molecule has 3 aromatic heterocycles. The van der Waals surface area contributed by atoms with Gasteiger partial charge < -0.3 is 25.0 Å². The van der Waals surface area contributed by atoms with Gasteiger partial charge in [-0.1, -0.05) is 6.08 Å². The first-order valence-electron chi connectivity index (χ1n) is 12.5. The summed E-state index contributed by atoms with van der Waals surface area (Å²) in [5, 5.41) is 4.61. The number of amides is 2. The molecule has 1 aromatic carbocycles. The molecule has 0 unspecified atom stereocenters. The van der Waals surface area contributed by atoms with Gasteiger partial charge in [0.15, 0.2) is 0 Å². The quantitative estimate of drug-likeness (QED) is 0.404. The van der Waals surface area contributed by atoms with E-state index in [-0.39, 0.29) is 6.03 Å². The summed E-state index contributed by atoms with van der Waals surface area (Å²) < 4.78 is 1.16. The van der Waals surface area contributed by atoms with Crippen LogP contribution >= 0.6 is 11.3 Å². The lowest BCUT2D eigenvalue weighted by molar-refractivity contribution is 0.122. The van der Waals surface area contributed by atoms with E-state index in [4.69, 9.17) is 0 Å². The van der Waals surface area contributed by atoms with Gasteiger partial charge >= 0.3 is 6.03 Å². The Morgan fingerprint density at radius 2 is 2.03 bits per heavy atom. The average Bonchev–Trinajstić information content (AvgIpc) is 3.56. The van der Waals surface area contributed by atoms with Crippen LogP contribution < -0.4 is 5.32 Å². The molecule has 0 bridgehead atoms. The summed E-state index contributed by atoms with van der Waals surface area (Å²) in [6.45, 7) is 3.47. The maximum atomic E-state index is 13.1. The first-order valence-corrected chi connectivity index (χ1v) is 13.4. The van der Waals surface area contributed by atoms with Crippen LogP contribution in [0.4, 0.5) is 16.2 Å². The van der Waals surface area contributed by atoms with Crippen molar-refractivity contribution in [1.82, 2.24) is 29.7 Å². The van der Waals surface area contributed by atoms with Gasteiger partial charge in [-0.05, 0) is 75.3 Å². The van der Waals surface area contributed by atoms with Gasteiger partial charge in [-0.25, -0.2) is 14.8 Å². The van der Waals surface area contributed by atoms with Gasteiger partial charge in [0.05, 0.1) is 21.4 Å². The number of carbonyl (C=O) groups is 1. The molecule has 2 aliphatic rings. The highest BCUT2D eigenvalue weighted by atomic mass is 32.1. The summed E-state index contributed by atoms with van der Waals surface area (Å²) in [7, 11) is 4.11. The number of piperidine rings is 1. The number of aromatic amines is 1. The van der Waals surface area contributed by atoms with Gasteiger partial charge in [-0.15, -0.1) is 11.3 Å². The third kappa shape index (κ3) is 4.44. The Bertz CT molecular complexity index is 1430. The number of nitrogens with one attached hydrogen (secondary N) is 2. The molecule has 0 spiro atoms. The number of anilines is 2. The molecule has 2 N–H and O–H groups in total. The number of thiazole rings is 1. The molecule has 2 aliphatic heterocycles. The van der Waals surface area contributed by atoms with Crippen LogP contribution in [0.5, 0.6) is 0 Å². The second kappa shape index (κ2) is 9.55. The highest BCUT2D eigenvalue weighted by molar-refractivity contribution is 7.16. The molecule has 6 rings (SSSR count). The second-order valence-corrected chi connectivity index (χ2v) is 10.7. The zero-order chi connectivity index (χ0) is 24.6. The largest absolute Gasteiger partial charge is 0.355 e. The standard InChI is InChI=1S/C27H31N7OS/c1-32-11-8-20(9-12-32)33(2)27(35)34-13-6-18(7-14-34)24-16-21-22(5-10-28-26(21)31-24)30-19-3-4-23-25(15-19)36-17-29-23/h3-6,10,15-17,20H,7-9,11-14H2,1-2H3,(H2,28,30,31). The molecule has 186 valence electrons. The van der Waals surface area contributed by atoms with E-state index in [0.717, 1.165) is 77.2 Å². The van der Waals surface area contributed by atoms with Crippen LogP contribution in [0.25, 0.3) is 26.8 Å². The number of pyridine rings is 1. The monoisotopic (exact) mass is 501 g/mol. The lowest BCUT2D eigenvalue weighted by atomic mass is 10.0. The van der Waals surface area contributed by atoms with Gasteiger partial charge in [-0.2, -0.15) is 0 Å². The van der Waals surface area contributed by atoms with E-state index in [2.05, 4.69) is 56.5 Å². The fourth-order valence-electron chi connectivity index (χ4n) is 5.25. The second-order valence-electron chi connectivity index (χ2n) is 9.82. The topological polar surface area (TPSA) is 80.4 Å². The van der Waals surface area contributed by atoms with E-state index in [9.17, 15) is 4.79 Å². The summed E-state index contributed by atoms with van der Waals surface area (Å²) in [6, 6.07) is 10.9. The van der Waals surface area contributed by atoms with Crippen LogP contribution in [0, 0.1) is 0 Å². The maximum absolute atomic E-state index is 13.1. The van der Waals surface area contributed by atoms with E-state index in [0.29, 0.717) is 12.6 Å². The molecular formula is C27H31N7OS. The maximum Gasteiger partial charge on any atom is 0.320 e.